The van der Waals surface area contributed by atoms with E-state index in [0.717, 1.165) is 42.9 Å². The Hall–Kier alpha value is -1.88. The summed E-state index contributed by atoms with van der Waals surface area (Å²) in [5.41, 5.74) is 2.96. The molecule has 2 aromatic carbocycles. The van der Waals surface area contributed by atoms with Gasteiger partial charge in [0.05, 0.1) is 12.5 Å². The van der Waals surface area contributed by atoms with Crippen molar-refractivity contribution in [2.75, 3.05) is 38.7 Å². The number of amides is 1. The zero-order valence-electron chi connectivity index (χ0n) is 14.4. The van der Waals surface area contributed by atoms with E-state index in [4.69, 9.17) is 16.3 Å². The number of nitrogens with zero attached hydrogens (tertiary/aromatic N) is 1. The van der Waals surface area contributed by atoms with Crippen molar-refractivity contribution in [3.8, 4) is 11.1 Å². The highest BCUT2D eigenvalue weighted by molar-refractivity contribution is 6.30. The topological polar surface area (TPSA) is 41.6 Å². The first-order valence-electron chi connectivity index (χ1n) is 8.54. The molecule has 1 N–H and O–H groups in total. The summed E-state index contributed by atoms with van der Waals surface area (Å²) in [6.07, 6.45) is 0.895. The minimum absolute atomic E-state index is 0.0380. The molecule has 5 heteroatoms. The van der Waals surface area contributed by atoms with Gasteiger partial charge in [-0.15, -0.1) is 0 Å². The number of likely N-dealkylation sites (tertiary alicyclic amines) is 1. The number of hydrogen-bond acceptors (Lipinski definition) is 3. The van der Waals surface area contributed by atoms with Crippen molar-refractivity contribution in [2.24, 2.45) is 5.92 Å². The smallest absolute Gasteiger partial charge is 0.228 e. The number of methoxy groups -OCH3 is 1. The summed E-state index contributed by atoms with van der Waals surface area (Å²) in [6.45, 7) is 3.34. The minimum Gasteiger partial charge on any atom is -0.383 e. The van der Waals surface area contributed by atoms with Crippen molar-refractivity contribution in [3.05, 3.63) is 53.6 Å². The molecule has 1 fully saturated rings. The molecule has 1 saturated heterocycles. The van der Waals surface area contributed by atoms with Gasteiger partial charge >= 0.3 is 0 Å². The van der Waals surface area contributed by atoms with E-state index in [2.05, 4.69) is 10.2 Å². The lowest BCUT2D eigenvalue weighted by Gasteiger charge is -2.15. The van der Waals surface area contributed by atoms with Crippen LogP contribution in [0, 0.1) is 5.92 Å². The van der Waals surface area contributed by atoms with Gasteiger partial charge in [0, 0.05) is 30.9 Å². The van der Waals surface area contributed by atoms with Crippen molar-refractivity contribution in [1.29, 1.82) is 0 Å². The Labute approximate surface area is 153 Å². The third-order valence-electron chi connectivity index (χ3n) is 4.56. The normalized spacial score (nSPS) is 17.6. The van der Waals surface area contributed by atoms with Gasteiger partial charge in [-0.3, -0.25) is 4.79 Å². The van der Waals surface area contributed by atoms with E-state index in [1.54, 1.807) is 7.11 Å². The Morgan fingerprint density at radius 2 is 2.04 bits per heavy atom. The number of ether oxygens (including phenoxy) is 1. The molecular weight excluding hydrogens is 336 g/mol. The fourth-order valence-electron chi connectivity index (χ4n) is 3.13. The fourth-order valence-corrected chi connectivity index (χ4v) is 3.26. The van der Waals surface area contributed by atoms with E-state index in [1.807, 2.05) is 48.5 Å². The van der Waals surface area contributed by atoms with Crippen molar-refractivity contribution < 1.29 is 9.53 Å². The second-order valence-electron chi connectivity index (χ2n) is 6.36. The first-order valence-corrected chi connectivity index (χ1v) is 8.91. The third-order valence-corrected chi connectivity index (χ3v) is 4.81. The highest BCUT2D eigenvalue weighted by atomic mass is 35.5. The lowest BCUT2D eigenvalue weighted by molar-refractivity contribution is -0.119. The van der Waals surface area contributed by atoms with Gasteiger partial charge in [0.15, 0.2) is 0 Å². The Morgan fingerprint density at radius 3 is 2.80 bits per heavy atom. The second-order valence-corrected chi connectivity index (χ2v) is 6.79. The van der Waals surface area contributed by atoms with Gasteiger partial charge in [-0.25, -0.2) is 0 Å². The molecule has 1 aliphatic rings. The lowest BCUT2D eigenvalue weighted by Crippen LogP contribution is -2.29. The Kier molecular flexibility index (Phi) is 6.08. The average molecular weight is 359 g/mol. The van der Waals surface area contributed by atoms with Crippen molar-refractivity contribution in [3.63, 3.8) is 0 Å². The van der Waals surface area contributed by atoms with E-state index in [1.165, 1.54) is 0 Å². The molecule has 1 atom stereocenters. The SMILES string of the molecule is COCCN1CCC(C(=O)Nc2cccc(-c3ccc(Cl)cc3)c2)C1. The molecule has 0 aliphatic carbocycles. The fraction of sp³-hybridized carbons (Fsp3) is 0.350. The zero-order chi connectivity index (χ0) is 17.6. The van der Waals surface area contributed by atoms with Crippen LogP contribution in [0.5, 0.6) is 0 Å². The van der Waals surface area contributed by atoms with Crippen LogP contribution < -0.4 is 5.32 Å². The summed E-state index contributed by atoms with van der Waals surface area (Å²) in [5, 5.41) is 3.77. The number of carbonyl (C=O) groups excluding carboxylic acids is 1. The quantitative estimate of drug-likeness (QED) is 0.851. The van der Waals surface area contributed by atoms with Crippen LogP contribution in [-0.2, 0) is 9.53 Å². The molecule has 2 aromatic rings. The number of halogens is 1. The third kappa shape index (κ3) is 4.82. The van der Waals surface area contributed by atoms with E-state index in [-0.39, 0.29) is 11.8 Å². The Bertz CT molecular complexity index is 718. The molecule has 25 heavy (non-hydrogen) atoms. The highest BCUT2D eigenvalue weighted by Crippen LogP contribution is 2.25. The van der Waals surface area contributed by atoms with Crippen LogP contribution in [0.25, 0.3) is 11.1 Å². The maximum Gasteiger partial charge on any atom is 0.228 e. The number of rotatable bonds is 6. The summed E-state index contributed by atoms with van der Waals surface area (Å²) >= 11 is 5.95. The Morgan fingerprint density at radius 1 is 1.24 bits per heavy atom. The van der Waals surface area contributed by atoms with Crippen LogP contribution in [0.2, 0.25) is 5.02 Å². The summed E-state index contributed by atoms with van der Waals surface area (Å²) in [4.78, 5) is 14.8. The molecule has 1 amide bonds. The molecule has 0 aromatic heterocycles. The first-order chi connectivity index (χ1) is 12.2. The maximum atomic E-state index is 12.5. The maximum absolute atomic E-state index is 12.5. The first kappa shape index (κ1) is 17.9. The minimum atomic E-state index is 0.0380. The second kappa shape index (κ2) is 8.48. The van der Waals surface area contributed by atoms with Gasteiger partial charge in [0.1, 0.15) is 0 Å². The monoisotopic (exact) mass is 358 g/mol. The molecule has 4 nitrogen and oxygen atoms in total. The van der Waals surface area contributed by atoms with Crippen LogP contribution in [0.1, 0.15) is 6.42 Å². The van der Waals surface area contributed by atoms with Crippen LogP contribution in [0.4, 0.5) is 5.69 Å². The zero-order valence-corrected chi connectivity index (χ0v) is 15.1. The summed E-state index contributed by atoms with van der Waals surface area (Å²) in [5.74, 6) is 0.129. The number of benzene rings is 2. The molecule has 1 aliphatic heterocycles. The molecule has 1 unspecified atom stereocenters. The number of anilines is 1. The van der Waals surface area contributed by atoms with Crippen LogP contribution >= 0.6 is 11.6 Å². The van der Waals surface area contributed by atoms with Crippen molar-refractivity contribution >= 4 is 23.2 Å². The predicted molar refractivity (Wildman–Crippen MR) is 102 cm³/mol. The van der Waals surface area contributed by atoms with Gasteiger partial charge < -0.3 is 15.0 Å². The van der Waals surface area contributed by atoms with E-state index >= 15 is 0 Å². The molecule has 3 rings (SSSR count). The van der Waals surface area contributed by atoms with Crippen molar-refractivity contribution in [2.45, 2.75) is 6.42 Å². The van der Waals surface area contributed by atoms with E-state index in [0.29, 0.717) is 11.6 Å². The van der Waals surface area contributed by atoms with Crippen LogP contribution in [0.3, 0.4) is 0 Å². The van der Waals surface area contributed by atoms with Gasteiger partial charge in [-0.05, 0) is 48.4 Å². The van der Waals surface area contributed by atoms with Crippen LogP contribution in [-0.4, -0.2) is 44.2 Å². The van der Waals surface area contributed by atoms with Gasteiger partial charge in [0.25, 0.3) is 0 Å². The van der Waals surface area contributed by atoms with Crippen LogP contribution in [0.15, 0.2) is 48.5 Å². The summed E-state index contributed by atoms with van der Waals surface area (Å²) in [6, 6.07) is 15.6. The van der Waals surface area contributed by atoms with Gasteiger partial charge in [-0.1, -0.05) is 35.9 Å². The van der Waals surface area contributed by atoms with E-state index in [9.17, 15) is 4.79 Å². The number of nitrogens with one attached hydrogen (secondary N) is 1. The summed E-state index contributed by atoms with van der Waals surface area (Å²) < 4.78 is 5.11. The predicted octanol–water partition coefficient (Wildman–Crippen LogP) is 3.91. The highest BCUT2D eigenvalue weighted by Gasteiger charge is 2.27. The molecule has 1 heterocycles. The lowest BCUT2D eigenvalue weighted by atomic mass is 10.0. The largest absolute Gasteiger partial charge is 0.383 e. The molecule has 132 valence electrons. The molecular formula is C20H23ClN2O2. The number of hydrogen-bond donors (Lipinski definition) is 1. The number of carbonyl (C=O) groups is 1. The molecule has 0 saturated carbocycles. The van der Waals surface area contributed by atoms with Gasteiger partial charge in [-0.2, -0.15) is 0 Å². The van der Waals surface area contributed by atoms with Crippen molar-refractivity contribution in [1.82, 2.24) is 4.90 Å². The van der Waals surface area contributed by atoms with Gasteiger partial charge in [0.2, 0.25) is 5.91 Å². The molecule has 0 radical (unpaired) electrons. The Balaban J connectivity index is 1.62. The molecule has 0 spiro atoms. The van der Waals surface area contributed by atoms with E-state index < -0.39 is 0 Å². The standard InChI is InChI=1S/C20H23ClN2O2/c1-25-12-11-23-10-9-17(14-23)20(24)22-19-4-2-3-16(13-19)15-5-7-18(21)8-6-15/h2-8,13,17H,9-12,14H2,1H3,(H,22,24). The summed E-state index contributed by atoms with van der Waals surface area (Å²) in [7, 11) is 1.70. The molecule has 0 bridgehead atoms. The average Bonchev–Trinajstić information content (AvgIpc) is 3.10.